The number of nitrogens with one attached hydrogen (secondary N) is 2. The summed E-state index contributed by atoms with van der Waals surface area (Å²) >= 11 is 0. The summed E-state index contributed by atoms with van der Waals surface area (Å²) in [6.07, 6.45) is -0.627. The molecule has 1 atom stereocenters. The third-order valence-electron chi connectivity index (χ3n) is 3.85. The SMILES string of the molecule is C=O.CCCNc1cc(C(C)NC(=O)c2cnc(OCC(F)(F)F)c(C)c2)ccn1.[HH].[HH]. The monoisotopic (exact) mass is 430 g/mol. The summed E-state index contributed by atoms with van der Waals surface area (Å²) in [6.45, 7) is 6.78. The molecule has 30 heavy (non-hydrogen) atoms. The van der Waals surface area contributed by atoms with Crippen molar-refractivity contribution in [3.63, 3.8) is 0 Å². The van der Waals surface area contributed by atoms with Crippen molar-refractivity contribution in [1.82, 2.24) is 15.3 Å². The molecule has 0 fully saturated rings. The fourth-order valence-corrected chi connectivity index (χ4v) is 2.42. The topological polar surface area (TPSA) is 93.2 Å². The van der Waals surface area contributed by atoms with Crippen molar-refractivity contribution in [3.05, 3.63) is 47.3 Å². The van der Waals surface area contributed by atoms with E-state index in [2.05, 4.69) is 32.3 Å². The molecule has 168 valence electrons. The van der Waals surface area contributed by atoms with Crippen LogP contribution >= 0.6 is 0 Å². The molecular weight excluding hydrogens is 401 g/mol. The number of aromatic nitrogens is 2. The van der Waals surface area contributed by atoms with E-state index < -0.39 is 12.8 Å². The molecule has 0 radical (unpaired) electrons. The molecule has 1 amide bonds. The molecule has 2 aromatic heterocycles. The molecule has 0 aliphatic carbocycles. The van der Waals surface area contributed by atoms with Crippen LogP contribution in [0.3, 0.4) is 0 Å². The first-order valence-corrected chi connectivity index (χ1v) is 9.15. The van der Waals surface area contributed by atoms with Crippen LogP contribution in [0.4, 0.5) is 19.0 Å². The molecule has 0 aliphatic heterocycles. The van der Waals surface area contributed by atoms with Gasteiger partial charge in [-0.15, -0.1) is 0 Å². The van der Waals surface area contributed by atoms with Gasteiger partial charge >= 0.3 is 6.18 Å². The van der Waals surface area contributed by atoms with Gasteiger partial charge in [0.05, 0.1) is 11.6 Å². The zero-order valence-electron chi connectivity index (χ0n) is 17.0. The lowest BCUT2D eigenvalue weighted by molar-refractivity contribution is -0.154. The number of hydrogen-bond donors (Lipinski definition) is 2. The summed E-state index contributed by atoms with van der Waals surface area (Å²) in [7, 11) is 0. The van der Waals surface area contributed by atoms with Gasteiger partial charge in [-0.25, -0.2) is 9.97 Å². The Morgan fingerprint density at radius 3 is 2.60 bits per heavy atom. The summed E-state index contributed by atoms with van der Waals surface area (Å²) in [5.74, 6) is 0.192. The lowest BCUT2D eigenvalue weighted by Crippen LogP contribution is -2.27. The first-order valence-electron chi connectivity index (χ1n) is 9.15. The second-order valence-corrected chi connectivity index (χ2v) is 6.35. The van der Waals surface area contributed by atoms with Gasteiger partial charge in [0.15, 0.2) is 6.61 Å². The first-order chi connectivity index (χ1) is 14.2. The Labute approximate surface area is 176 Å². The number of ether oxygens (including phenoxy) is 1. The predicted octanol–water partition coefficient (Wildman–Crippen LogP) is 4.35. The second kappa shape index (κ2) is 11.7. The zero-order valence-corrected chi connectivity index (χ0v) is 17.0. The number of amides is 1. The van der Waals surface area contributed by atoms with Gasteiger partial charge in [-0.05, 0) is 44.0 Å². The smallest absolute Gasteiger partial charge is 0.422 e. The van der Waals surface area contributed by atoms with E-state index in [-0.39, 0.29) is 26.2 Å². The fourth-order valence-electron chi connectivity index (χ4n) is 2.42. The van der Waals surface area contributed by atoms with Crippen molar-refractivity contribution in [2.45, 2.75) is 39.4 Å². The van der Waals surface area contributed by atoms with Crippen LogP contribution in [0.1, 0.15) is 50.6 Å². The molecule has 2 N–H and O–H groups in total. The summed E-state index contributed by atoms with van der Waals surface area (Å²) in [4.78, 5) is 28.5. The third kappa shape index (κ3) is 8.06. The number of halogens is 3. The minimum Gasteiger partial charge on any atom is -0.468 e. The molecule has 1 unspecified atom stereocenters. The Hall–Kier alpha value is -3.17. The lowest BCUT2D eigenvalue weighted by Gasteiger charge is -2.16. The Balaban J connectivity index is 0. The van der Waals surface area contributed by atoms with Crippen molar-refractivity contribution < 1.29 is 30.4 Å². The van der Waals surface area contributed by atoms with E-state index >= 15 is 0 Å². The molecule has 7 nitrogen and oxygen atoms in total. The molecular formula is C20H29F3N4O3. The highest BCUT2D eigenvalue weighted by Gasteiger charge is 2.29. The van der Waals surface area contributed by atoms with E-state index in [0.29, 0.717) is 5.56 Å². The maximum absolute atomic E-state index is 12.5. The summed E-state index contributed by atoms with van der Waals surface area (Å²) in [5, 5.41) is 6.03. The molecule has 2 rings (SSSR count). The van der Waals surface area contributed by atoms with Crippen LogP contribution in [0.2, 0.25) is 0 Å². The number of pyridine rings is 2. The quantitative estimate of drug-likeness (QED) is 0.647. The van der Waals surface area contributed by atoms with E-state index in [1.165, 1.54) is 19.2 Å². The van der Waals surface area contributed by atoms with Crippen molar-refractivity contribution >= 4 is 18.5 Å². The van der Waals surface area contributed by atoms with Crippen LogP contribution < -0.4 is 15.4 Å². The summed E-state index contributed by atoms with van der Waals surface area (Å²) in [5.41, 5.74) is 1.46. The molecule has 10 heteroatoms. The molecule has 0 bridgehead atoms. The standard InChI is InChI=1S/C19H23F3N4O2.CH2O.2H2/c1-4-6-23-16-9-14(5-7-24-16)13(3)26-17(27)15-8-12(2)18(25-10-15)28-11-19(20,21)22;1-2;;/h5,7-10,13H,4,6,11H2,1-3H3,(H,23,24)(H,26,27);1H2;2*1H. The van der Waals surface area contributed by atoms with Gasteiger partial charge in [0, 0.05) is 27.4 Å². The van der Waals surface area contributed by atoms with Gasteiger partial charge < -0.3 is 20.2 Å². The first kappa shape index (κ1) is 24.9. The van der Waals surface area contributed by atoms with Gasteiger partial charge in [0.25, 0.3) is 5.91 Å². The maximum atomic E-state index is 12.5. The van der Waals surface area contributed by atoms with Gasteiger partial charge in [0.1, 0.15) is 12.6 Å². The van der Waals surface area contributed by atoms with Crippen LogP contribution in [-0.2, 0) is 4.79 Å². The Morgan fingerprint density at radius 2 is 2.00 bits per heavy atom. The van der Waals surface area contributed by atoms with Crippen LogP contribution in [0.5, 0.6) is 5.88 Å². The highest BCUT2D eigenvalue weighted by Crippen LogP contribution is 2.21. The molecule has 0 saturated carbocycles. The Bertz CT molecular complexity index is 842. The summed E-state index contributed by atoms with van der Waals surface area (Å²) in [6, 6.07) is 4.82. The van der Waals surface area contributed by atoms with Gasteiger partial charge in [-0.1, -0.05) is 6.92 Å². The number of carbonyl (C=O) groups excluding carboxylic acids is 2. The van der Waals surface area contributed by atoms with Crippen molar-refractivity contribution in [2.75, 3.05) is 18.5 Å². The molecule has 2 heterocycles. The van der Waals surface area contributed by atoms with Crippen LogP contribution in [0.15, 0.2) is 30.6 Å². The number of carbonyl (C=O) groups is 2. The summed E-state index contributed by atoms with van der Waals surface area (Å²) < 4.78 is 41.4. The molecule has 0 aromatic carbocycles. The normalized spacial score (nSPS) is 11.7. The van der Waals surface area contributed by atoms with Crippen LogP contribution in [0, 0.1) is 6.92 Å². The third-order valence-corrected chi connectivity index (χ3v) is 3.85. The molecule has 0 saturated heterocycles. The van der Waals surface area contributed by atoms with E-state index in [1.807, 2.05) is 19.8 Å². The van der Waals surface area contributed by atoms with Gasteiger partial charge in [-0.3, -0.25) is 4.79 Å². The molecule has 2 aromatic rings. The van der Waals surface area contributed by atoms with Crippen molar-refractivity contribution in [2.24, 2.45) is 0 Å². The zero-order chi connectivity index (χ0) is 22.7. The predicted molar refractivity (Wildman–Crippen MR) is 111 cm³/mol. The fraction of sp³-hybridized carbons (Fsp3) is 0.400. The number of hydrogen-bond acceptors (Lipinski definition) is 6. The minimum atomic E-state index is -4.45. The number of rotatable bonds is 8. The number of anilines is 1. The minimum absolute atomic E-state index is 0. The van der Waals surface area contributed by atoms with Crippen molar-refractivity contribution in [1.29, 1.82) is 0 Å². The highest BCUT2D eigenvalue weighted by molar-refractivity contribution is 5.94. The number of alkyl halides is 3. The van der Waals surface area contributed by atoms with Gasteiger partial charge in [0.2, 0.25) is 5.88 Å². The highest BCUT2D eigenvalue weighted by atomic mass is 19.4. The lowest BCUT2D eigenvalue weighted by atomic mass is 10.1. The maximum Gasteiger partial charge on any atom is 0.422 e. The second-order valence-electron chi connectivity index (χ2n) is 6.35. The van der Waals surface area contributed by atoms with E-state index in [4.69, 9.17) is 4.79 Å². The van der Waals surface area contributed by atoms with Crippen LogP contribution in [0.25, 0.3) is 0 Å². The number of nitrogens with zero attached hydrogens (tertiary/aromatic N) is 2. The molecule has 0 spiro atoms. The molecule has 0 aliphatic rings. The average Bonchev–Trinajstić information content (AvgIpc) is 2.72. The van der Waals surface area contributed by atoms with E-state index in [1.54, 1.807) is 12.3 Å². The number of aryl methyl sites for hydroxylation is 1. The Morgan fingerprint density at radius 1 is 1.30 bits per heavy atom. The van der Waals surface area contributed by atoms with E-state index in [9.17, 15) is 18.0 Å². The Kier molecular flexibility index (Phi) is 9.73. The van der Waals surface area contributed by atoms with Crippen molar-refractivity contribution in [3.8, 4) is 5.88 Å². The average molecular weight is 430 g/mol. The van der Waals surface area contributed by atoms with Gasteiger partial charge in [-0.2, -0.15) is 13.2 Å². The van der Waals surface area contributed by atoms with E-state index in [0.717, 1.165) is 24.3 Å². The largest absolute Gasteiger partial charge is 0.468 e. The van der Waals surface area contributed by atoms with Crippen LogP contribution in [-0.4, -0.2) is 42.0 Å².